The molecule has 2 nitrogen and oxygen atoms in total. The molecule has 0 aliphatic heterocycles. The van der Waals surface area contributed by atoms with E-state index >= 15 is 0 Å². The van der Waals surface area contributed by atoms with Crippen LogP contribution < -0.4 is 5.73 Å². The van der Waals surface area contributed by atoms with Gasteiger partial charge in [-0.2, -0.15) is 0 Å². The van der Waals surface area contributed by atoms with Crippen LogP contribution in [-0.2, 0) is 4.79 Å². The van der Waals surface area contributed by atoms with Gasteiger partial charge in [0.1, 0.15) is 0 Å². The Morgan fingerprint density at radius 2 is 2.00 bits per heavy atom. The summed E-state index contributed by atoms with van der Waals surface area (Å²) < 4.78 is 0. The molecular formula is C4H5NO. The third-order valence-corrected chi connectivity index (χ3v) is 0.365. The fourth-order valence-electron chi connectivity index (χ4n) is 0. The van der Waals surface area contributed by atoms with E-state index in [1.807, 2.05) is 0 Å². The van der Waals surface area contributed by atoms with Gasteiger partial charge in [0.15, 0.2) is 0 Å². The van der Waals surface area contributed by atoms with Gasteiger partial charge in [-0.15, -0.1) is 5.73 Å². The molecule has 2 heteroatoms. The van der Waals surface area contributed by atoms with Crippen LogP contribution in [0.4, 0.5) is 0 Å². The van der Waals surface area contributed by atoms with Crippen molar-refractivity contribution in [2.45, 2.75) is 6.92 Å². The van der Waals surface area contributed by atoms with Crippen molar-refractivity contribution in [3.63, 3.8) is 0 Å². The van der Waals surface area contributed by atoms with Crippen LogP contribution in [0.1, 0.15) is 6.92 Å². The van der Waals surface area contributed by atoms with E-state index in [0.717, 1.165) is 0 Å². The summed E-state index contributed by atoms with van der Waals surface area (Å²) in [5, 5.41) is 0. The highest BCUT2D eigenvalue weighted by Gasteiger charge is 1.91. The predicted molar refractivity (Wildman–Crippen MR) is 22.0 cm³/mol. The van der Waals surface area contributed by atoms with E-state index in [1.165, 1.54) is 6.92 Å². The smallest absolute Gasteiger partial charge is 0.265 e. The van der Waals surface area contributed by atoms with E-state index in [4.69, 9.17) is 5.73 Å². The van der Waals surface area contributed by atoms with E-state index in [9.17, 15) is 4.79 Å². The van der Waals surface area contributed by atoms with Crippen molar-refractivity contribution in [1.29, 1.82) is 0 Å². The molecule has 0 saturated carbocycles. The van der Waals surface area contributed by atoms with Gasteiger partial charge < -0.3 is 0 Å². The minimum absolute atomic E-state index is 0.176. The summed E-state index contributed by atoms with van der Waals surface area (Å²) in [6.07, 6.45) is 0. The molecule has 0 aliphatic carbocycles. The van der Waals surface area contributed by atoms with Gasteiger partial charge in [0.05, 0.1) is 0 Å². The van der Waals surface area contributed by atoms with Crippen LogP contribution in [0, 0.1) is 0 Å². The molecule has 0 saturated heterocycles. The van der Waals surface area contributed by atoms with E-state index in [0.29, 0.717) is 0 Å². The number of hydrogen-bond donors (Lipinski definition) is 0. The molecule has 0 unspecified atom stereocenters. The van der Waals surface area contributed by atoms with Crippen LogP contribution in [0.3, 0.4) is 0 Å². The Balaban J connectivity index is 3.57. The number of carbonyl (C=O) groups excluding carboxylic acids is 1. The summed E-state index contributed by atoms with van der Waals surface area (Å²) in [4.78, 5) is 9.60. The van der Waals surface area contributed by atoms with Crippen LogP contribution in [0.5, 0.6) is 0 Å². The SMILES string of the molecule is C=C(C)C([N])=O. The summed E-state index contributed by atoms with van der Waals surface area (Å²) in [5.74, 6) is -0.935. The Kier molecular flexibility index (Phi) is 1.39. The van der Waals surface area contributed by atoms with Gasteiger partial charge in [0.2, 0.25) is 0 Å². The third kappa shape index (κ3) is 1.52. The van der Waals surface area contributed by atoms with Crippen molar-refractivity contribution >= 4 is 5.91 Å². The molecule has 0 aromatic heterocycles. The van der Waals surface area contributed by atoms with Crippen LogP contribution >= 0.6 is 0 Å². The van der Waals surface area contributed by atoms with Crippen LogP contribution in [0.15, 0.2) is 12.2 Å². The first-order chi connectivity index (χ1) is 2.64. The number of carbonyl (C=O) groups is 1. The fourth-order valence-corrected chi connectivity index (χ4v) is 0. The molecule has 0 heterocycles. The van der Waals surface area contributed by atoms with E-state index < -0.39 is 5.91 Å². The molecule has 0 aromatic rings. The Hall–Kier alpha value is -0.790. The van der Waals surface area contributed by atoms with Crippen molar-refractivity contribution < 1.29 is 4.79 Å². The zero-order chi connectivity index (χ0) is 5.15. The van der Waals surface area contributed by atoms with Gasteiger partial charge >= 0.3 is 0 Å². The molecule has 2 radical (unpaired) electrons. The van der Waals surface area contributed by atoms with Crippen molar-refractivity contribution in [2.24, 2.45) is 0 Å². The Labute approximate surface area is 36.6 Å². The van der Waals surface area contributed by atoms with Crippen molar-refractivity contribution in [1.82, 2.24) is 5.73 Å². The Morgan fingerprint density at radius 3 is 2.00 bits per heavy atom. The van der Waals surface area contributed by atoms with E-state index in [-0.39, 0.29) is 5.57 Å². The van der Waals surface area contributed by atoms with Crippen molar-refractivity contribution in [3.05, 3.63) is 12.2 Å². The summed E-state index contributed by atoms with van der Waals surface area (Å²) >= 11 is 0. The highest BCUT2D eigenvalue weighted by Crippen LogP contribution is 1.80. The molecule has 1 amide bonds. The molecule has 0 bridgehead atoms. The summed E-state index contributed by atoms with van der Waals surface area (Å²) in [5.41, 5.74) is 8.07. The summed E-state index contributed by atoms with van der Waals surface area (Å²) in [6.45, 7) is 4.60. The zero-order valence-corrected chi connectivity index (χ0v) is 3.56. The topological polar surface area (TPSA) is 39.4 Å². The van der Waals surface area contributed by atoms with Crippen LogP contribution in [-0.4, -0.2) is 5.91 Å². The van der Waals surface area contributed by atoms with Crippen molar-refractivity contribution in [2.75, 3.05) is 0 Å². The highest BCUT2D eigenvalue weighted by molar-refractivity contribution is 5.89. The van der Waals surface area contributed by atoms with E-state index in [2.05, 4.69) is 6.58 Å². The van der Waals surface area contributed by atoms with Gasteiger partial charge in [0.25, 0.3) is 5.91 Å². The maximum atomic E-state index is 9.60. The lowest BCUT2D eigenvalue weighted by Crippen LogP contribution is -1.95. The number of amides is 1. The lowest BCUT2D eigenvalue weighted by molar-refractivity contribution is -0.115. The van der Waals surface area contributed by atoms with Crippen LogP contribution in [0.2, 0.25) is 0 Å². The number of hydrogen-bond acceptors (Lipinski definition) is 1. The normalized spacial score (nSPS) is 7.50. The van der Waals surface area contributed by atoms with Gasteiger partial charge in [-0.3, -0.25) is 4.79 Å². The number of nitrogens with zero attached hydrogens (tertiary/aromatic N) is 1. The highest BCUT2D eigenvalue weighted by atomic mass is 16.1. The maximum Gasteiger partial charge on any atom is 0.290 e. The monoisotopic (exact) mass is 83.0 g/mol. The molecule has 0 spiro atoms. The fraction of sp³-hybridized carbons (Fsp3) is 0.250. The first-order valence-corrected chi connectivity index (χ1v) is 1.53. The minimum Gasteiger partial charge on any atom is -0.265 e. The largest absolute Gasteiger partial charge is 0.290 e. The Bertz CT molecular complexity index is 73.5. The second kappa shape index (κ2) is 1.60. The van der Waals surface area contributed by atoms with Gasteiger partial charge in [0, 0.05) is 5.57 Å². The minimum atomic E-state index is -0.935. The lowest BCUT2D eigenvalue weighted by atomic mass is 10.3. The molecule has 0 fully saturated rings. The summed E-state index contributed by atoms with van der Waals surface area (Å²) in [7, 11) is 0. The average molecular weight is 83.1 g/mol. The second-order valence-electron chi connectivity index (χ2n) is 1.09. The average Bonchev–Trinajstić information content (AvgIpc) is 1.36. The van der Waals surface area contributed by atoms with Gasteiger partial charge in [-0.05, 0) is 6.92 Å². The molecule has 6 heavy (non-hydrogen) atoms. The first-order valence-electron chi connectivity index (χ1n) is 1.53. The standard InChI is InChI=1S/C4H5NO/c1-3(2)4(5)6/h1H2,2H3. The molecule has 0 rings (SSSR count). The summed E-state index contributed by atoms with van der Waals surface area (Å²) in [6, 6.07) is 0. The predicted octanol–water partition coefficient (Wildman–Crippen LogP) is 0.158. The molecule has 0 aliphatic rings. The third-order valence-electron chi connectivity index (χ3n) is 0.365. The van der Waals surface area contributed by atoms with Gasteiger partial charge in [-0.1, -0.05) is 6.58 Å². The molecule has 0 aromatic carbocycles. The van der Waals surface area contributed by atoms with Crippen molar-refractivity contribution in [3.8, 4) is 0 Å². The Morgan fingerprint density at radius 1 is 1.83 bits per heavy atom. The van der Waals surface area contributed by atoms with E-state index in [1.54, 1.807) is 0 Å². The van der Waals surface area contributed by atoms with Crippen LogP contribution in [0.25, 0.3) is 0 Å². The quantitative estimate of drug-likeness (QED) is 0.416. The molecule has 0 N–H and O–H groups in total. The zero-order valence-electron chi connectivity index (χ0n) is 3.56. The molecular weight excluding hydrogens is 78.0 g/mol. The second-order valence-corrected chi connectivity index (χ2v) is 1.09. The molecule has 32 valence electrons. The number of rotatable bonds is 1. The van der Waals surface area contributed by atoms with Gasteiger partial charge in [-0.25, -0.2) is 0 Å². The lowest BCUT2D eigenvalue weighted by Gasteiger charge is -1.76. The maximum absolute atomic E-state index is 9.60. The molecule has 0 atom stereocenters. The first kappa shape index (κ1) is 5.21.